The molecule has 0 spiro atoms. The van der Waals surface area contributed by atoms with E-state index in [-0.39, 0.29) is 0 Å². The fourth-order valence-corrected chi connectivity index (χ4v) is 4.13. The Bertz CT molecular complexity index is 621. The molecule has 0 aliphatic carbocycles. The monoisotopic (exact) mass is 286 g/mol. The number of nitrogens with two attached hydrogens (primary N) is 1. The normalized spacial score (nSPS) is 18.4. The predicted octanol–water partition coefficient (Wildman–Crippen LogP) is 3.63. The van der Waals surface area contributed by atoms with Crippen LogP contribution in [0.4, 0.5) is 5.69 Å². The van der Waals surface area contributed by atoms with E-state index in [2.05, 4.69) is 66.9 Å². The van der Waals surface area contributed by atoms with Crippen LogP contribution in [0.25, 0.3) is 10.8 Å². The molecule has 0 unspecified atom stereocenters. The first kappa shape index (κ1) is 13.8. The lowest BCUT2D eigenvalue weighted by atomic mass is 10.0. The standard InChI is InChI=1S/C17H22N2S/c1-17(2)12-19(9-10-20-17)16-8-7-13(11-18)14-5-3-4-6-15(14)16/h3-8H,9-12,18H2,1-2H3. The molecule has 0 saturated carbocycles. The summed E-state index contributed by atoms with van der Waals surface area (Å²) in [6.45, 7) is 7.49. The van der Waals surface area contributed by atoms with Crippen LogP contribution in [0.1, 0.15) is 19.4 Å². The van der Waals surface area contributed by atoms with E-state index >= 15 is 0 Å². The van der Waals surface area contributed by atoms with Gasteiger partial charge in [-0.15, -0.1) is 0 Å². The summed E-state index contributed by atoms with van der Waals surface area (Å²) in [6, 6.07) is 13.1. The molecule has 1 heterocycles. The molecule has 0 bridgehead atoms. The number of anilines is 1. The van der Waals surface area contributed by atoms with E-state index in [1.165, 1.54) is 27.8 Å². The van der Waals surface area contributed by atoms with Gasteiger partial charge in [0.2, 0.25) is 0 Å². The zero-order valence-corrected chi connectivity index (χ0v) is 13.0. The average Bonchev–Trinajstić information content (AvgIpc) is 2.45. The van der Waals surface area contributed by atoms with Crippen molar-refractivity contribution in [2.24, 2.45) is 5.73 Å². The number of fused-ring (bicyclic) bond motifs is 1. The molecule has 2 nitrogen and oxygen atoms in total. The van der Waals surface area contributed by atoms with Crippen molar-refractivity contribution in [1.82, 2.24) is 0 Å². The highest BCUT2D eigenvalue weighted by molar-refractivity contribution is 8.00. The van der Waals surface area contributed by atoms with Gasteiger partial charge in [0.05, 0.1) is 0 Å². The lowest BCUT2D eigenvalue weighted by molar-refractivity contribution is 0.649. The molecule has 1 aliphatic heterocycles. The fraction of sp³-hybridized carbons (Fsp3) is 0.412. The average molecular weight is 286 g/mol. The maximum Gasteiger partial charge on any atom is 0.0446 e. The smallest absolute Gasteiger partial charge is 0.0446 e. The quantitative estimate of drug-likeness (QED) is 0.914. The number of thioether (sulfide) groups is 1. The highest BCUT2D eigenvalue weighted by atomic mass is 32.2. The first-order chi connectivity index (χ1) is 9.61. The van der Waals surface area contributed by atoms with Gasteiger partial charge in [0.25, 0.3) is 0 Å². The molecule has 0 atom stereocenters. The van der Waals surface area contributed by atoms with Crippen molar-refractivity contribution in [1.29, 1.82) is 0 Å². The Kier molecular flexibility index (Phi) is 3.65. The van der Waals surface area contributed by atoms with Crippen LogP contribution in [0.15, 0.2) is 36.4 Å². The Hall–Kier alpha value is -1.19. The molecule has 2 N–H and O–H groups in total. The minimum Gasteiger partial charge on any atom is -0.369 e. The molecule has 1 saturated heterocycles. The maximum atomic E-state index is 5.87. The Labute approximate surface area is 125 Å². The number of hydrogen-bond acceptors (Lipinski definition) is 3. The van der Waals surface area contributed by atoms with Crippen molar-refractivity contribution in [2.45, 2.75) is 25.1 Å². The largest absolute Gasteiger partial charge is 0.369 e. The molecule has 3 rings (SSSR count). The Morgan fingerprint density at radius 3 is 2.60 bits per heavy atom. The van der Waals surface area contributed by atoms with Crippen LogP contribution >= 0.6 is 11.8 Å². The molecular weight excluding hydrogens is 264 g/mol. The van der Waals surface area contributed by atoms with Gasteiger partial charge in [-0.25, -0.2) is 0 Å². The van der Waals surface area contributed by atoms with Gasteiger partial charge in [-0.3, -0.25) is 0 Å². The van der Waals surface area contributed by atoms with Crippen LogP contribution in [0.3, 0.4) is 0 Å². The lowest BCUT2D eigenvalue weighted by Gasteiger charge is -2.39. The first-order valence-corrected chi connectivity index (χ1v) is 8.19. The van der Waals surface area contributed by atoms with Gasteiger partial charge in [-0.1, -0.05) is 30.3 Å². The van der Waals surface area contributed by atoms with Gasteiger partial charge >= 0.3 is 0 Å². The van der Waals surface area contributed by atoms with Gasteiger partial charge in [0.1, 0.15) is 0 Å². The Morgan fingerprint density at radius 2 is 1.90 bits per heavy atom. The van der Waals surface area contributed by atoms with Crippen LogP contribution in [0.5, 0.6) is 0 Å². The predicted molar refractivity (Wildman–Crippen MR) is 90.6 cm³/mol. The molecule has 2 aromatic carbocycles. The second kappa shape index (κ2) is 5.30. The zero-order chi connectivity index (χ0) is 14.2. The number of benzene rings is 2. The van der Waals surface area contributed by atoms with Crippen molar-refractivity contribution in [3.63, 3.8) is 0 Å². The second-order valence-corrected chi connectivity index (χ2v) is 7.83. The van der Waals surface area contributed by atoms with Crippen LogP contribution in [-0.4, -0.2) is 23.6 Å². The van der Waals surface area contributed by atoms with E-state index in [1.54, 1.807) is 0 Å². The molecule has 106 valence electrons. The summed E-state index contributed by atoms with van der Waals surface area (Å²) in [5.74, 6) is 1.19. The SMILES string of the molecule is CC1(C)CN(c2ccc(CN)c3ccccc23)CCS1. The molecule has 0 aromatic heterocycles. The summed E-state index contributed by atoms with van der Waals surface area (Å²) in [5, 5.41) is 2.63. The summed E-state index contributed by atoms with van der Waals surface area (Å²) in [5.41, 5.74) is 8.46. The molecule has 1 aliphatic rings. The number of rotatable bonds is 2. The summed E-state index contributed by atoms with van der Waals surface area (Å²) in [7, 11) is 0. The van der Waals surface area contributed by atoms with Crippen molar-refractivity contribution in [3.8, 4) is 0 Å². The minimum absolute atomic E-state index is 0.325. The third kappa shape index (κ3) is 2.52. The molecule has 2 aromatic rings. The van der Waals surface area contributed by atoms with Crippen molar-refractivity contribution in [2.75, 3.05) is 23.7 Å². The second-order valence-electron chi connectivity index (χ2n) is 6.02. The molecule has 20 heavy (non-hydrogen) atoms. The Morgan fingerprint density at radius 1 is 1.15 bits per heavy atom. The minimum atomic E-state index is 0.325. The molecule has 0 radical (unpaired) electrons. The topological polar surface area (TPSA) is 29.3 Å². The molecule has 1 fully saturated rings. The van der Waals surface area contributed by atoms with Crippen molar-refractivity contribution < 1.29 is 0 Å². The van der Waals surface area contributed by atoms with Crippen LogP contribution in [0, 0.1) is 0 Å². The zero-order valence-electron chi connectivity index (χ0n) is 12.2. The highest BCUT2D eigenvalue weighted by Gasteiger charge is 2.27. The maximum absolute atomic E-state index is 5.87. The molecule has 3 heteroatoms. The van der Waals surface area contributed by atoms with Gasteiger partial charge in [-0.2, -0.15) is 11.8 Å². The summed E-state index contributed by atoms with van der Waals surface area (Å²) >= 11 is 2.07. The Balaban J connectivity index is 2.08. The summed E-state index contributed by atoms with van der Waals surface area (Å²) in [6.07, 6.45) is 0. The van der Waals surface area contributed by atoms with Crippen molar-refractivity contribution in [3.05, 3.63) is 42.0 Å². The van der Waals surface area contributed by atoms with Crippen LogP contribution < -0.4 is 10.6 Å². The lowest BCUT2D eigenvalue weighted by Crippen LogP contribution is -2.43. The summed E-state index contributed by atoms with van der Waals surface area (Å²) in [4.78, 5) is 2.53. The van der Waals surface area contributed by atoms with Gasteiger partial charge in [-0.05, 0) is 30.9 Å². The van der Waals surface area contributed by atoms with Gasteiger partial charge in [0, 0.05) is 41.2 Å². The van der Waals surface area contributed by atoms with Gasteiger partial charge < -0.3 is 10.6 Å². The van der Waals surface area contributed by atoms with Crippen LogP contribution in [-0.2, 0) is 6.54 Å². The number of nitrogens with zero attached hydrogens (tertiary/aromatic N) is 1. The van der Waals surface area contributed by atoms with E-state index in [0.29, 0.717) is 11.3 Å². The third-order valence-corrected chi connectivity index (χ3v) is 5.27. The molecule has 0 amide bonds. The first-order valence-electron chi connectivity index (χ1n) is 7.20. The number of hydrogen-bond donors (Lipinski definition) is 1. The highest BCUT2D eigenvalue weighted by Crippen LogP contribution is 2.36. The van der Waals surface area contributed by atoms with E-state index in [0.717, 1.165) is 13.1 Å². The van der Waals surface area contributed by atoms with Crippen molar-refractivity contribution >= 4 is 28.2 Å². The van der Waals surface area contributed by atoms with Crippen LogP contribution in [0.2, 0.25) is 0 Å². The van der Waals surface area contributed by atoms with E-state index in [4.69, 9.17) is 5.73 Å². The summed E-state index contributed by atoms with van der Waals surface area (Å²) < 4.78 is 0.325. The third-order valence-electron chi connectivity index (χ3n) is 3.98. The van der Waals surface area contributed by atoms with E-state index in [9.17, 15) is 0 Å². The van der Waals surface area contributed by atoms with E-state index < -0.39 is 0 Å². The van der Waals surface area contributed by atoms with E-state index in [1.807, 2.05) is 0 Å². The van der Waals surface area contributed by atoms with Gasteiger partial charge in [0.15, 0.2) is 0 Å². The fourth-order valence-electron chi connectivity index (χ4n) is 3.02. The molecular formula is C17H22N2S.